The fourth-order valence-corrected chi connectivity index (χ4v) is 3.51. The Kier molecular flexibility index (Phi) is 1.70. The maximum Gasteiger partial charge on any atom is 0.354 e. The summed E-state index contributed by atoms with van der Waals surface area (Å²) in [6.07, 6.45) is 6.49. The van der Waals surface area contributed by atoms with E-state index in [2.05, 4.69) is 44.8 Å². The molecule has 1 aromatic heterocycles. The van der Waals surface area contributed by atoms with E-state index in [-0.39, 0.29) is 0 Å². The zero-order chi connectivity index (χ0) is 9.00. The summed E-state index contributed by atoms with van der Waals surface area (Å²) in [5.41, 5.74) is 4.81. The molecule has 0 spiro atoms. The molecule has 2 heteroatoms. The van der Waals surface area contributed by atoms with Crippen molar-refractivity contribution in [1.82, 2.24) is 0 Å². The number of rotatable bonds is 0. The van der Waals surface area contributed by atoms with E-state index in [1.54, 1.807) is 11.1 Å². The molecule has 1 fully saturated rings. The minimum Gasteiger partial charge on any atom is -0.141 e. The normalized spacial score (nSPS) is 29.4. The molecule has 2 bridgehead atoms. The molecule has 2 unspecified atom stereocenters. The summed E-state index contributed by atoms with van der Waals surface area (Å²) in [6, 6.07) is 2.33. The van der Waals surface area contributed by atoms with Crippen LogP contribution in [0.3, 0.4) is 0 Å². The molecule has 13 heavy (non-hydrogen) atoms. The van der Waals surface area contributed by atoms with Crippen molar-refractivity contribution in [2.24, 2.45) is 0 Å². The van der Waals surface area contributed by atoms with Gasteiger partial charge in [-0.1, -0.05) is 0 Å². The number of hydrogen-bond donors (Lipinski definition) is 0. The van der Waals surface area contributed by atoms with Gasteiger partial charge in [0.05, 0.1) is 0 Å². The number of halogens is 1. The lowest BCUT2D eigenvalue weighted by Gasteiger charge is -2.13. The van der Waals surface area contributed by atoms with Gasteiger partial charge in [-0.3, -0.25) is 0 Å². The van der Waals surface area contributed by atoms with Gasteiger partial charge < -0.3 is 0 Å². The quantitative estimate of drug-likeness (QED) is 0.646. The van der Waals surface area contributed by atoms with Crippen molar-refractivity contribution in [1.29, 1.82) is 0 Å². The molecular formula is C11H13IN+. The molecule has 0 saturated heterocycles. The summed E-state index contributed by atoms with van der Waals surface area (Å²) in [4.78, 5) is 0. The van der Waals surface area contributed by atoms with Gasteiger partial charge >= 0.3 is 22.9 Å². The Labute approximate surface area is 92.7 Å². The van der Waals surface area contributed by atoms with Crippen LogP contribution in [-0.2, 0) is 0 Å². The number of pyridine rings is 1. The van der Waals surface area contributed by atoms with Crippen molar-refractivity contribution in [3.8, 4) is 0 Å². The van der Waals surface area contributed by atoms with Crippen molar-refractivity contribution in [2.75, 3.05) is 0 Å². The molecule has 0 amide bonds. The summed E-state index contributed by atoms with van der Waals surface area (Å²) in [6.45, 7) is 2.26. The third kappa shape index (κ3) is 1.01. The summed E-state index contributed by atoms with van der Waals surface area (Å²) in [7, 11) is 0. The molecule has 2 aliphatic carbocycles. The second-order valence-electron chi connectivity index (χ2n) is 4.29. The average molecular weight is 286 g/mol. The molecule has 2 atom stereocenters. The van der Waals surface area contributed by atoms with Crippen molar-refractivity contribution in [3.63, 3.8) is 0 Å². The van der Waals surface area contributed by atoms with Crippen molar-refractivity contribution < 1.29 is 2.78 Å². The topological polar surface area (TPSA) is 3.88 Å². The van der Waals surface area contributed by atoms with E-state index in [0.29, 0.717) is 0 Å². The van der Waals surface area contributed by atoms with Crippen LogP contribution >= 0.6 is 22.9 Å². The van der Waals surface area contributed by atoms with E-state index in [1.807, 2.05) is 0 Å². The molecule has 1 aromatic rings. The molecular weight excluding hydrogens is 273 g/mol. The van der Waals surface area contributed by atoms with Crippen LogP contribution in [-0.4, -0.2) is 0 Å². The maximum atomic E-state index is 2.38. The smallest absolute Gasteiger partial charge is 0.141 e. The SMILES string of the molecule is Cc1c2c(cc[n+]1I)C1CCC2C1. The van der Waals surface area contributed by atoms with Crippen molar-refractivity contribution >= 4 is 22.9 Å². The minimum atomic E-state index is 0.891. The molecule has 1 saturated carbocycles. The lowest BCUT2D eigenvalue weighted by atomic mass is 9.91. The Morgan fingerprint density at radius 3 is 3.00 bits per heavy atom. The molecule has 1 heterocycles. The van der Waals surface area contributed by atoms with Crippen LogP contribution in [0.1, 0.15) is 47.9 Å². The van der Waals surface area contributed by atoms with Crippen LogP contribution in [0.15, 0.2) is 12.3 Å². The van der Waals surface area contributed by atoms with Gasteiger partial charge in [0.1, 0.15) is 0 Å². The van der Waals surface area contributed by atoms with Crippen LogP contribution in [0.4, 0.5) is 0 Å². The molecule has 0 N–H and O–H groups in total. The summed E-state index contributed by atoms with van der Waals surface area (Å²) < 4.78 is 2.23. The van der Waals surface area contributed by atoms with E-state index in [4.69, 9.17) is 0 Å². The van der Waals surface area contributed by atoms with E-state index >= 15 is 0 Å². The third-order valence-electron chi connectivity index (χ3n) is 3.69. The molecule has 2 aliphatic rings. The Bertz CT molecular complexity index is 373. The van der Waals surface area contributed by atoms with Gasteiger partial charge in [-0.15, -0.1) is 2.78 Å². The first-order chi connectivity index (χ1) is 6.27. The van der Waals surface area contributed by atoms with E-state index in [9.17, 15) is 0 Å². The van der Waals surface area contributed by atoms with E-state index < -0.39 is 0 Å². The van der Waals surface area contributed by atoms with Gasteiger partial charge in [0, 0.05) is 18.6 Å². The predicted molar refractivity (Wildman–Crippen MR) is 60.1 cm³/mol. The van der Waals surface area contributed by atoms with Crippen LogP contribution in [0.25, 0.3) is 0 Å². The lowest BCUT2D eigenvalue weighted by Crippen LogP contribution is -2.25. The van der Waals surface area contributed by atoms with Crippen molar-refractivity contribution in [3.05, 3.63) is 29.1 Å². The summed E-state index contributed by atoms with van der Waals surface area (Å²) in [5.74, 6) is 1.79. The van der Waals surface area contributed by atoms with E-state index in [1.165, 1.54) is 25.0 Å². The van der Waals surface area contributed by atoms with Crippen LogP contribution in [0.2, 0.25) is 0 Å². The highest BCUT2D eigenvalue weighted by molar-refractivity contribution is 14.1. The Morgan fingerprint density at radius 1 is 1.38 bits per heavy atom. The number of aromatic nitrogens is 1. The van der Waals surface area contributed by atoms with Gasteiger partial charge in [0.25, 0.3) is 0 Å². The average Bonchev–Trinajstić information content (AvgIpc) is 2.70. The van der Waals surface area contributed by atoms with Gasteiger partial charge in [-0.2, -0.15) is 0 Å². The predicted octanol–water partition coefficient (Wildman–Crippen LogP) is 2.85. The zero-order valence-electron chi connectivity index (χ0n) is 7.76. The molecule has 68 valence electrons. The fraction of sp³-hybridized carbons (Fsp3) is 0.545. The first-order valence-corrected chi connectivity index (χ1v) is 5.95. The Hall–Kier alpha value is -0.120. The molecule has 0 radical (unpaired) electrons. The van der Waals surface area contributed by atoms with Gasteiger partial charge in [-0.25, -0.2) is 0 Å². The zero-order valence-corrected chi connectivity index (χ0v) is 9.91. The number of nitrogens with zero attached hydrogens (tertiary/aromatic N) is 1. The van der Waals surface area contributed by atoms with Gasteiger partial charge in [0.2, 0.25) is 0 Å². The summed E-state index contributed by atoms with van der Waals surface area (Å²) >= 11 is 2.38. The van der Waals surface area contributed by atoms with E-state index in [0.717, 1.165) is 11.8 Å². The molecule has 1 nitrogen and oxygen atoms in total. The van der Waals surface area contributed by atoms with Crippen LogP contribution < -0.4 is 2.78 Å². The number of hydrogen-bond acceptors (Lipinski definition) is 0. The van der Waals surface area contributed by atoms with Crippen LogP contribution in [0, 0.1) is 6.92 Å². The van der Waals surface area contributed by atoms with Gasteiger partial charge in [0.15, 0.2) is 11.9 Å². The third-order valence-corrected chi connectivity index (χ3v) is 4.73. The molecule has 0 aromatic carbocycles. The largest absolute Gasteiger partial charge is 0.354 e. The Balaban J connectivity index is 2.26. The highest BCUT2D eigenvalue weighted by atomic mass is 127. The first-order valence-electron chi connectivity index (χ1n) is 4.98. The molecule has 0 aliphatic heterocycles. The lowest BCUT2D eigenvalue weighted by molar-refractivity contribution is -0.449. The summed E-state index contributed by atoms with van der Waals surface area (Å²) in [5, 5.41) is 0. The second-order valence-corrected chi connectivity index (χ2v) is 5.33. The van der Waals surface area contributed by atoms with Crippen molar-refractivity contribution in [2.45, 2.75) is 38.0 Å². The highest BCUT2D eigenvalue weighted by Crippen LogP contribution is 2.53. The first kappa shape index (κ1) is 8.21. The monoisotopic (exact) mass is 286 g/mol. The second kappa shape index (κ2) is 2.69. The van der Waals surface area contributed by atoms with Crippen LogP contribution in [0.5, 0.6) is 0 Å². The fourth-order valence-electron chi connectivity index (χ4n) is 3.08. The Morgan fingerprint density at radius 2 is 2.15 bits per heavy atom. The minimum absolute atomic E-state index is 0.891. The highest BCUT2D eigenvalue weighted by Gasteiger charge is 2.40. The van der Waals surface area contributed by atoms with Gasteiger partial charge in [-0.05, 0) is 36.7 Å². The molecule has 3 rings (SSSR count). The number of fused-ring (bicyclic) bond motifs is 5. The standard InChI is InChI=1S/C11H13IN/c1-7-11-9-3-2-8(6-9)10(11)4-5-13(7)12/h4-5,8-9H,2-3,6H2,1H3/q+1. The maximum absolute atomic E-state index is 2.38.